The highest BCUT2D eigenvalue weighted by molar-refractivity contribution is 7.99. The summed E-state index contributed by atoms with van der Waals surface area (Å²) < 4.78 is 0. The fourth-order valence-corrected chi connectivity index (χ4v) is 2.85. The number of aryl methyl sites for hydroxylation is 1. The summed E-state index contributed by atoms with van der Waals surface area (Å²) in [6.45, 7) is 4.26. The van der Waals surface area contributed by atoms with Crippen LogP contribution in [0.3, 0.4) is 0 Å². The molecule has 0 aliphatic carbocycles. The van der Waals surface area contributed by atoms with Crippen molar-refractivity contribution in [3.05, 3.63) is 53.9 Å². The van der Waals surface area contributed by atoms with Gasteiger partial charge in [0.2, 0.25) is 0 Å². The van der Waals surface area contributed by atoms with Crippen molar-refractivity contribution in [3.63, 3.8) is 0 Å². The fourth-order valence-electron chi connectivity index (χ4n) is 1.93. The van der Waals surface area contributed by atoms with Crippen LogP contribution in [0.2, 0.25) is 0 Å². The molecule has 3 heteroatoms. The van der Waals surface area contributed by atoms with Gasteiger partial charge in [0, 0.05) is 28.2 Å². The van der Waals surface area contributed by atoms with E-state index in [0.717, 1.165) is 12.8 Å². The smallest absolute Gasteiger partial charge is 0.0279 e. The summed E-state index contributed by atoms with van der Waals surface area (Å²) in [4.78, 5) is 6.56. The first-order valence-corrected chi connectivity index (χ1v) is 7.43. The van der Waals surface area contributed by atoms with E-state index in [2.05, 4.69) is 37.0 Å². The molecule has 0 radical (unpaired) electrons. The molecule has 0 saturated heterocycles. The number of nitrogens with two attached hydrogens (primary N) is 1. The number of pyridine rings is 1. The number of nitrogens with zero attached hydrogens (tertiary/aromatic N) is 1. The van der Waals surface area contributed by atoms with Gasteiger partial charge in [-0.15, -0.1) is 0 Å². The Morgan fingerprint density at radius 2 is 1.95 bits per heavy atom. The minimum absolute atomic E-state index is 0.235. The molecule has 2 aromatic rings. The predicted molar refractivity (Wildman–Crippen MR) is 81.5 cm³/mol. The van der Waals surface area contributed by atoms with Gasteiger partial charge >= 0.3 is 0 Å². The molecule has 0 saturated carbocycles. The van der Waals surface area contributed by atoms with E-state index in [-0.39, 0.29) is 6.04 Å². The van der Waals surface area contributed by atoms with Crippen molar-refractivity contribution in [2.45, 2.75) is 42.5 Å². The summed E-state index contributed by atoms with van der Waals surface area (Å²) >= 11 is 1.78. The average Bonchev–Trinajstić information content (AvgIpc) is 2.43. The van der Waals surface area contributed by atoms with Gasteiger partial charge in [0.05, 0.1) is 0 Å². The molecule has 2 rings (SSSR count). The van der Waals surface area contributed by atoms with E-state index in [1.54, 1.807) is 11.8 Å². The second-order valence-electron chi connectivity index (χ2n) is 4.77. The van der Waals surface area contributed by atoms with Crippen LogP contribution in [0.25, 0.3) is 0 Å². The van der Waals surface area contributed by atoms with Gasteiger partial charge in [-0.1, -0.05) is 36.4 Å². The van der Waals surface area contributed by atoms with Crippen LogP contribution in [0.1, 0.15) is 24.5 Å². The molecule has 0 aliphatic rings. The van der Waals surface area contributed by atoms with Crippen molar-refractivity contribution in [1.29, 1.82) is 0 Å². The zero-order chi connectivity index (χ0) is 13.7. The van der Waals surface area contributed by atoms with E-state index in [0.29, 0.717) is 0 Å². The molecule has 2 N–H and O–H groups in total. The van der Waals surface area contributed by atoms with E-state index in [1.807, 2.05) is 24.5 Å². The zero-order valence-corrected chi connectivity index (χ0v) is 12.3. The van der Waals surface area contributed by atoms with Crippen LogP contribution in [0.15, 0.2) is 52.5 Å². The molecule has 0 aliphatic heterocycles. The van der Waals surface area contributed by atoms with Gasteiger partial charge in [0.15, 0.2) is 0 Å². The SMILES string of the molecule is CCC(N)Cc1cc(C)ccc1Sc1ccncc1. The monoisotopic (exact) mass is 272 g/mol. The summed E-state index contributed by atoms with van der Waals surface area (Å²) in [6, 6.07) is 10.9. The average molecular weight is 272 g/mol. The Balaban J connectivity index is 2.24. The van der Waals surface area contributed by atoms with Crippen LogP contribution in [0, 0.1) is 6.92 Å². The van der Waals surface area contributed by atoms with E-state index in [1.165, 1.54) is 20.9 Å². The molecule has 1 atom stereocenters. The molecule has 1 unspecified atom stereocenters. The normalized spacial score (nSPS) is 12.4. The van der Waals surface area contributed by atoms with E-state index in [9.17, 15) is 0 Å². The number of benzene rings is 1. The maximum atomic E-state index is 6.10. The van der Waals surface area contributed by atoms with Crippen molar-refractivity contribution in [3.8, 4) is 0 Å². The molecule has 1 aromatic carbocycles. The van der Waals surface area contributed by atoms with Crippen molar-refractivity contribution in [2.24, 2.45) is 5.73 Å². The summed E-state index contributed by atoms with van der Waals surface area (Å²) in [7, 11) is 0. The number of hydrogen-bond donors (Lipinski definition) is 1. The second kappa shape index (κ2) is 6.73. The van der Waals surface area contributed by atoms with Gasteiger partial charge in [-0.25, -0.2) is 0 Å². The van der Waals surface area contributed by atoms with E-state index >= 15 is 0 Å². The highest BCUT2D eigenvalue weighted by Crippen LogP contribution is 2.31. The first kappa shape index (κ1) is 14.1. The third-order valence-electron chi connectivity index (χ3n) is 3.10. The van der Waals surface area contributed by atoms with Gasteiger partial charge in [-0.2, -0.15) is 0 Å². The lowest BCUT2D eigenvalue weighted by Gasteiger charge is -2.14. The Hall–Kier alpha value is -1.32. The third-order valence-corrected chi connectivity index (χ3v) is 4.23. The van der Waals surface area contributed by atoms with Crippen LogP contribution >= 0.6 is 11.8 Å². The lowest BCUT2D eigenvalue weighted by atomic mass is 10.0. The molecule has 19 heavy (non-hydrogen) atoms. The summed E-state index contributed by atoms with van der Waals surface area (Å²) in [5, 5.41) is 0. The summed E-state index contributed by atoms with van der Waals surface area (Å²) in [6.07, 6.45) is 5.60. The van der Waals surface area contributed by atoms with E-state index < -0.39 is 0 Å². The first-order chi connectivity index (χ1) is 9.19. The number of aromatic nitrogens is 1. The Kier molecular flexibility index (Phi) is 5.00. The molecule has 1 aromatic heterocycles. The van der Waals surface area contributed by atoms with Crippen LogP contribution in [-0.2, 0) is 6.42 Å². The largest absolute Gasteiger partial charge is 0.327 e. The molecule has 0 fully saturated rings. The Morgan fingerprint density at radius 1 is 1.21 bits per heavy atom. The summed E-state index contributed by atoms with van der Waals surface area (Å²) in [5.74, 6) is 0. The number of rotatable bonds is 5. The first-order valence-electron chi connectivity index (χ1n) is 6.62. The quantitative estimate of drug-likeness (QED) is 0.899. The van der Waals surface area contributed by atoms with Crippen molar-refractivity contribution in [1.82, 2.24) is 4.98 Å². The second-order valence-corrected chi connectivity index (χ2v) is 5.88. The Bertz CT molecular complexity index is 526. The van der Waals surface area contributed by atoms with Crippen LogP contribution in [-0.4, -0.2) is 11.0 Å². The van der Waals surface area contributed by atoms with Crippen molar-refractivity contribution in [2.75, 3.05) is 0 Å². The predicted octanol–water partition coefficient (Wildman–Crippen LogP) is 3.82. The molecule has 1 heterocycles. The van der Waals surface area contributed by atoms with Crippen LogP contribution < -0.4 is 5.73 Å². The highest BCUT2D eigenvalue weighted by atomic mass is 32.2. The lowest BCUT2D eigenvalue weighted by Crippen LogP contribution is -2.21. The van der Waals surface area contributed by atoms with E-state index in [4.69, 9.17) is 5.73 Å². The van der Waals surface area contributed by atoms with Gasteiger partial charge in [0.1, 0.15) is 0 Å². The molecular formula is C16H20N2S. The molecule has 2 nitrogen and oxygen atoms in total. The minimum Gasteiger partial charge on any atom is -0.327 e. The minimum atomic E-state index is 0.235. The molecule has 100 valence electrons. The Morgan fingerprint density at radius 3 is 2.63 bits per heavy atom. The van der Waals surface area contributed by atoms with Crippen molar-refractivity contribution >= 4 is 11.8 Å². The van der Waals surface area contributed by atoms with Crippen molar-refractivity contribution < 1.29 is 0 Å². The van der Waals surface area contributed by atoms with Gasteiger partial charge in [0.25, 0.3) is 0 Å². The third kappa shape index (κ3) is 4.08. The standard InChI is InChI=1S/C16H20N2S/c1-3-14(17)11-13-10-12(2)4-5-16(13)19-15-6-8-18-9-7-15/h4-10,14H,3,11,17H2,1-2H3. The number of hydrogen-bond acceptors (Lipinski definition) is 3. The van der Waals surface area contributed by atoms with Crippen LogP contribution in [0.5, 0.6) is 0 Å². The fraction of sp³-hybridized carbons (Fsp3) is 0.312. The Labute approximate surface area is 119 Å². The van der Waals surface area contributed by atoms with Gasteiger partial charge < -0.3 is 5.73 Å². The maximum Gasteiger partial charge on any atom is 0.0279 e. The van der Waals surface area contributed by atoms with Gasteiger partial charge in [-0.3, -0.25) is 4.98 Å². The zero-order valence-electron chi connectivity index (χ0n) is 11.5. The summed E-state index contributed by atoms with van der Waals surface area (Å²) in [5.41, 5.74) is 8.73. The lowest BCUT2D eigenvalue weighted by molar-refractivity contribution is 0.641. The molecular weight excluding hydrogens is 252 g/mol. The van der Waals surface area contributed by atoms with Crippen LogP contribution in [0.4, 0.5) is 0 Å². The molecule has 0 spiro atoms. The highest BCUT2D eigenvalue weighted by Gasteiger charge is 2.08. The maximum absolute atomic E-state index is 6.10. The topological polar surface area (TPSA) is 38.9 Å². The molecule has 0 bridgehead atoms. The molecule has 0 amide bonds. The van der Waals surface area contributed by atoms with Gasteiger partial charge in [-0.05, 0) is 43.5 Å².